The molecule has 2 fully saturated rings. The Hall–Kier alpha value is -0.650. The van der Waals surface area contributed by atoms with E-state index in [-0.39, 0.29) is 12.5 Å². The highest BCUT2D eigenvalue weighted by molar-refractivity contribution is 5.77. The van der Waals surface area contributed by atoms with E-state index in [0.717, 1.165) is 19.4 Å². The van der Waals surface area contributed by atoms with Crippen molar-refractivity contribution in [3.8, 4) is 0 Å². The van der Waals surface area contributed by atoms with Crippen molar-refractivity contribution in [3.05, 3.63) is 0 Å². The normalized spacial score (nSPS) is 25.7. The largest absolute Gasteiger partial charge is 0.382 e. The molecular formula is C13H24N2O3. The minimum atomic E-state index is -0.00697. The predicted molar refractivity (Wildman–Crippen MR) is 68.4 cm³/mol. The van der Waals surface area contributed by atoms with Crippen LogP contribution in [0.2, 0.25) is 0 Å². The van der Waals surface area contributed by atoms with Crippen LogP contribution < -0.4 is 10.6 Å². The van der Waals surface area contributed by atoms with Gasteiger partial charge >= 0.3 is 0 Å². The highest BCUT2D eigenvalue weighted by Crippen LogP contribution is 2.38. The molecule has 1 heterocycles. The Bertz CT molecular complexity index is 279. The van der Waals surface area contributed by atoms with Crippen molar-refractivity contribution < 1.29 is 14.3 Å². The molecule has 1 unspecified atom stereocenters. The highest BCUT2D eigenvalue weighted by atomic mass is 16.5. The summed E-state index contributed by atoms with van der Waals surface area (Å²) in [4.78, 5) is 11.7. The number of piperidine rings is 1. The first-order valence-corrected chi connectivity index (χ1v) is 6.85. The molecule has 0 radical (unpaired) electrons. The van der Waals surface area contributed by atoms with Crippen molar-refractivity contribution in [1.82, 2.24) is 10.6 Å². The number of hydrogen-bond donors (Lipinski definition) is 2. The molecule has 5 heteroatoms. The topological polar surface area (TPSA) is 59.6 Å². The Labute approximate surface area is 109 Å². The van der Waals surface area contributed by atoms with Gasteiger partial charge in [0.2, 0.25) is 5.91 Å². The summed E-state index contributed by atoms with van der Waals surface area (Å²) in [5.74, 6) is -0.00697. The van der Waals surface area contributed by atoms with Crippen LogP contribution in [-0.4, -0.2) is 51.0 Å². The SMILES string of the molecule is COCCOCC(=O)NC1CCNC2(CCC2)C1. The van der Waals surface area contributed by atoms with Gasteiger partial charge in [0.25, 0.3) is 0 Å². The minimum Gasteiger partial charge on any atom is -0.382 e. The van der Waals surface area contributed by atoms with Crippen molar-refractivity contribution in [2.45, 2.75) is 43.7 Å². The third kappa shape index (κ3) is 3.67. The molecule has 104 valence electrons. The molecule has 5 nitrogen and oxygen atoms in total. The van der Waals surface area contributed by atoms with E-state index in [0.29, 0.717) is 24.8 Å². The molecule has 0 bridgehead atoms. The monoisotopic (exact) mass is 256 g/mol. The zero-order valence-corrected chi connectivity index (χ0v) is 11.2. The summed E-state index contributed by atoms with van der Waals surface area (Å²) in [5, 5.41) is 6.67. The predicted octanol–water partition coefficient (Wildman–Crippen LogP) is 0.440. The molecule has 1 saturated carbocycles. The number of methoxy groups -OCH3 is 1. The average Bonchev–Trinajstić information content (AvgIpc) is 2.33. The lowest BCUT2D eigenvalue weighted by Crippen LogP contribution is -2.59. The molecule has 18 heavy (non-hydrogen) atoms. The second-order valence-electron chi connectivity index (χ2n) is 5.36. The van der Waals surface area contributed by atoms with Crippen molar-refractivity contribution >= 4 is 5.91 Å². The summed E-state index contributed by atoms with van der Waals surface area (Å²) in [6.07, 6.45) is 5.91. The summed E-state index contributed by atoms with van der Waals surface area (Å²) < 4.78 is 10.1. The van der Waals surface area contributed by atoms with Crippen LogP contribution in [-0.2, 0) is 14.3 Å². The van der Waals surface area contributed by atoms with Crippen molar-refractivity contribution in [2.24, 2.45) is 0 Å². The lowest BCUT2D eigenvalue weighted by Gasteiger charge is -2.48. The Kier molecular flexibility index (Phi) is 4.97. The van der Waals surface area contributed by atoms with Crippen molar-refractivity contribution in [1.29, 1.82) is 0 Å². The summed E-state index contributed by atoms with van der Waals surface area (Å²) in [5.41, 5.74) is 0.326. The molecule has 1 atom stereocenters. The number of carbonyl (C=O) groups is 1. The van der Waals surface area contributed by atoms with Gasteiger partial charge in [0.05, 0.1) is 13.2 Å². The van der Waals surface area contributed by atoms with Gasteiger partial charge in [0.1, 0.15) is 6.61 Å². The number of hydrogen-bond acceptors (Lipinski definition) is 4. The van der Waals surface area contributed by atoms with E-state index in [1.54, 1.807) is 7.11 Å². The lowest BCUT2D eigenvalue weighted by molar-refractivity contribution is -0.127. The number of rotatable bonds is 6. The molecule has 0 aromatic carbocycles. The fraction of sp³-hybridized carbons (Fsp3) is 0.923. The summed E-state index contributed by atoms with van der Waals surface area (Å²) in [6.45, 7) is 2.15. The molecular weight excluding hydrogens is 232 g/mol. The van der Waals surface area contributed by atoms with E-state index in [2.05, 4.69) is 10.6 Å². The second-order valence-corrected chi connectivity index (χ2v) is 5.36. The first-order chi connectivity index (χ1) is 8.74. The molecule has 2 aliphatic rings. The number of carbonyl (C=O) groups excluding carboxylic acids is 1. The van der Waals surface area contributed by atoms with Gasteiger partial charge in [-0.05, 0) is 38.6 Å². The summed E-state index contributed by atoms with van der Waals surface area (Å²) >= 11 is 0. The Morgan fingerprint density at radius 1 is 1.44 bits per heavy atom. The zero-order chi connectivity index (χ0) is 12.8. The zero-order valence-electron chi connectivity index (χ0n) is 11.2. The van der Waals surface area contributed by atoms with E-state index >= 15 is 0 Å². The van der Waals surface area contributed by atoms with E-state index in [9.17, 15) is 4.79 Å². The maximum absolute atomic E-state index is 11.7. The van der Waals surface area contributed by atoms with Crippen molar-refractivity contribution in [2.75, 3.05) is 33.5 Å². The van der Waals surface area contributed by atoms with Gasteiger partial charge in [-0.1, -0.05) is 0 Å². The minimum absolute atomic E-state index is 0.00697. The molecule has 1 amide bonds. The van der Waals surface area contributed by atoms with Crippen LogP contribution in [0, 0.1) is 0 Å². The molecule has 0 aromatic rings. The van der Waals surface area contributed by atoms with Gasteiger partial charge in [-0.2, -0.15) is 0 Å². The van der Waals surface area contributed by atoms with Gasteiger partial charge in [0, 0.05) is 18.7 Å². The Morgan fingerprint density at radius 3 is 2.94 bits per heavy atom. The Morgan fingerprint density at radius 2 is 2.28 bits per heavy atom. The molecule has 1 aliphatic heterocycles. The third-order valence-corrected chi connectivity index (χ3v) is 3.97. The van der Waals surface area contributed by atoms with Gasteiger partial charge in [-0.15, -0.1) is 0 Å². The first kappa shape index (κ1) is 13.8. The first-order valence-electron chi connectivity index (χ1n) is 6.85. The van der Waals surface area contributed by atoms with Gasteiger partial charge in [-0.25, -0.2) is 0 Å². The van der Waals surface area contributed by atoms with Crippen molar-refractivity contribution in [3.63, 3.8) is 0 Å². The Balaban J connectivity index is 1.64. The molecule has 1 saturated heterocycles. The van der Waals surface area contributed by atoms with Crippen LogP contribution in [0.15, 0.2) is 0 Å². The van der Waals surface area contributed by atoms with E-state index < -0.39 is 0 Å². The molecule has 0 aromatic heterocycles. The van der Waals surface area contributed by atoms with Crippen LogP contribution in [0.5, 0.6) is 0 Å². The maximum Gasteiger partial charge on any atom is 0.246 e. The van der Waals surface area contributed by atoms with Crippen LogP contribution in [0.3, 0.4) is 0 Å². The third-order valence-electron chi connectivity index (χ3n) is 3.97. The highest BCUT2D eigenvalue weighted by Gasteiger charge is 2.41. The average molecular weight is 256 g/mol. The molecule has 1 aliphatic carbocycles. The van der Waals surface area contributed by atoms with Crippen LogP contribution in [0.25, 0.3) is 0 Å². The summed E-state index contributed by atoms with van der Waals surface area (Å²) in [7, 11) is 1.62. The van der Waals surface area contributed by atoms with E-state index in [1.807, 2.05) is 0 Å². The van der Waals surface area contributed by atoms with E-state index in [4.69, 9.17) is 9.47 Å². The van der Waals surface area contributed by atoms with Gasteiger partial charge in [0.15, 0.2) is 0 Å². The fourth-order valence-corrected chi connectivity index (χ4v) is 2.84. The molecule has 2 rings (SSSR count). The van der Waals surface area contributed by atoms with Crippen LogP contribution in [0.4, 0.5) is 0 Å². The van der Waals surface area contributed by atoms with Crippen LogP contribution in [0.1, 0.15) is 32.1 Å². The standard InChI is InChI=1S/C13H24N2O3/c1-17-7-8-18-10-12(16)15-11-3-6-14-13(9-11)4-2-5-13/h11,14H,2-10H2,1H3,(H,15,16). The maximum atomic E-state index is 11.7. The van der Waals surface area contributed by atoms with Crippen LogP contribution >= 0.6 is 0 Å². The lowest BCUT2D eigenvalue weighted by atomic mass is 9.70. The fourth-order valence-electron chi connectivity index (χ4n) is 2.84. The van der Waals surface area contributed by atoms with E-state index in [1.165, 1.54) is 19.3 Å². The van der Waals surface area contributed by atoms with Gasteiger partial charge < -0.3 is 20.1 Å². The number of amides is 1. The number of ether oxygens (including phenoxy) is 2. The molecule has 1 spiro atoms. The summed E-state index contributed by atoms with van der Waals surface area (Å²) in [6, 6.07) is 0.310. The quantitative estimate of drug-likeness (QED) is 0.677. The second kappa shape index (κ2) is 6.50. The molecule has 2 N–H and O–H groups in total. The number of nitrogens with one attached hydrogen (secondary N) is 2. The smallest absolute Gasteiger partial charge is 0.246 e. The van der Waals surface area contributed by atoms with Gasteiger partial charge in [-0.3, -0.25) is 4.79 Å².